The molecule has 0 atom stereocenters. The average Bonchev–Trinajstić information content (AvgIpc) is 2.38. The molecule has 7 heteroatoms. The lowest BCUT2D eigenvalue weighted by Crippen LogP contribution is -2.30. The second kappa shape index (κ2) is 22.3. The number of carbonyl (C=O) groups is 2. The van der Waals surface area contributed by atoms with E-state index in [4.69, 9.17) is 15.8 Å². The van der Waals surface area contributed by atoms with Gasteiger partial charge >= 0.3 is 0 Å². The Hall–Kier alpha value is -2.85. The molecule has 0 aliphatic heterocycles. The number of allylic oxidation sites excluding steroid dienone is 1. The first-order valence-electron chi connectivity index (χ1n) is 5.63. The summed E-state index contributed by atoms with van der Waals surface area (Å²) < 4.78 is 0. The molecule has 0 saturated carbocycles. The van der Waals surface area contributed by atoms with Gasteiger partial charge in [-0.05, 0) is 0 Å². The van der Waals surface area contributed by atoms with E-state index in [0.29, 0.717) is 25.9 Å². The summed E-state index contributed by atoms with van der Waals surface area (Å²) in [5, 5.41) is 24.0. The molecule has 0 aromatic rings. The SMILES string of the molecule is C.C=CC#N.CC(=O)N(CCC#N)CCC#N.CC(N)=O. The predicted molar refractivity (Wildman–Crippen MR) is 80.1 cm³/mol. The van der Waals surface area contributed by atoms with Crippen molar-refractivity contribution in [1.82, 2.24) is 4.90 Å². The largest absolute Gasteiger partial charge is 0.370 e. The van der Waals surface area contributed by atoms with Gasteiger partial charge in [-0.3, -0.25) is 9.59 Å². The Morgan fingerprint density at radius 3 is 1.57 bits per heavy atom. The maximum Gasteiger partial charge on any atom is 0.219 e. The van der Waals surface area contributed by atoms with Gasteiger partial charge in [-0.1, -0.05) is 14.0 Å². The molecule has 0 aliphatic rings. The minimum absolute atomic E-state index is 0. The molecule has 0 spiro atoms. The standard InChI is InChI=1S/C8H11N3O.C3H3N.C2H5NO.CH4/c1-8(12)11(6-2-4-9)7-3-5-10;1-2-3-4;1-2(3)4;/h2-3,6-7H2,1H3;2H,1H2;1H3,(H2,3,4);1H4. The van der Waals surface area contributed by atoms with Crippen LogP contribution in [0.5, 0.6) is 0 Å². The van der Waals surface area contributed by atoms with Crippen LogP contribution in [0.25, 0.3) is 0 Å². The van der Waals surface area contributed by atoms with Crippen molar-refractivity contribution >= 4 is 11.8 Å². The molecule has 0 rings (SSSR count). The Labute approximate surface area is 126 Å². The molecule has 0 heterocycles. The van der Waals surface area contributed by atoms with E-state index in [2.05, 4.69) is 12.3 Å². The number of carbonyl (C=O) groups excluding carboxylic acids is 2. The number of nitrogens with zero attached hydrogens (tertiary/aromatic N) is 4. The fourth-order valence-corrected chi connectivity index (χ4v) is 0.797. The van der Waals surface area contributed by atoms with Crippen molar-refractivity contribution in [3.8, 4) is 18.2 Å². The summed E-state index contributed by atoms with van der Waals surface area (Å²) in [5.41, 5.74) is 4.47. The highest BCUT2D eigenvalue weighted by atomic mass is 16.2. The van der Waals surface area contributed by atoms with Crippen molar-refractivity contribution in [2.75, 3.05) is 13.1 Å². The van der Waals surface area contributed by atoms with Crippen molar-refractivity contribution < 1.29 is 9.59 Å². The lowest BCUT2D eigenvalue weighted by atomic mass is 10.3. The van der Waals surface area contributed by atoms with Gasteiger partial charge in [-0.25, -0.2) is 0 Å². The highest BCUT2D eigenvalue weighted by molar-refractivity contribution is 5.73. The van der Waals surface area contributed by atoms with Gasteiger partial charge in [0.2, 0.25) is 11.8 Å². The summed E-state index contributed by atoms with van der Waals surface area (Å²) in [6.45, 7) is 6.71. The number of primary amides is 1. The van der Waals surface area contributed by atoms with Crippen LogP contribution in [0.3, 0.4) is 0 Å². The van der Waals surface area contributed by atoms with Crippen LogP contribution in [0.4, 0.5) is 0 Å². The van der Waals surface area contributed by atoms with Crippen molar-refractivity contribution in [2.45, 2.75) is 34.1 Å². The third-order valence-electron chi connectivity index (χ3n) is 1.52. The summed E-state index contributed by atoms with van der Waals surface area (Å²) in [4.78, 5) is 21.6. The highest BCUT2D eigenvalue weighted by Crippen LogP contribution is 1.93. The van der Waals surface area contributed by atoms with Crippen LogP contribution in [0.2, 0.25) is 0 Å². The Bertz CT molecular complexity index is 391. The van der Waals surface area contributed by atoms with E-state index in [0.717, 1.165) is 0 Å². The van der Waals surface area contributed by atoms with Crippen LogP contribution in [-0.2, 0) is 9.59 Å². The predicted octanol–water partition coefficient (Wildman–Crippen LogP) is 1.49. The number of nitrogens with two attached hydrogens (primary N) is 1. The first kappa shape index (κ1) is 26.7. The number of nitriles is 3. The summed E-state index contributed by atoms with van der Waals surface area (Å²) >= 11 is 0. The first-order chi connectivity index (χ1) is 9.37. The van der Waals surface area contributed by atoms with Crippen molar-refractivity contribution in [2.24, 2.45) is 5.73 Å². The van der Waals surface area contributed by atoms with E-state index in [1.54, 1.807) is 6.07 Å². The summed E-state index contributed by atoms with van der Waals surface area (Å²) in [7, 11) is 0. The van der Waals surface area contributed by atoms with E-state index < -0.39 is 0 Å². The summed E-state index contributed by atoms with van der Waals surface area (Å²) in [5.74, 6) is -0.416. The van der Waals surface area contributed by atoms with Gasteiger partial charge < -0.3 is 10.6 Å². The maximum atomic E-state index is 10.9. The lowest BCUT2D eigenvalue weighted by molar-refractivity contribution is -0.128. The van der Waals surface area contributed by atoms with E-state index in [1.807, 2.05) is 12.1 Å². The average molecular weight is 293 g/mol. The van der Waals surface area contributed by atoms with E-state index >= 15 is 0 Å². The molecule has 0 saturated heterocycles. The number of hydrogen-bond donors (Lipinski definition) is 1. The van der Waals surface area contributed by atoms with Crippen LogP contribution in [-0.4, -0.2) is 29.8 Å². The molecule has 0 aliphatic carbocycles. The quantitative estimate of drug-likeness (QED) is 0.783. The zero-order valence-corrected chi connectivity index (χ0v) is 11.8. The van der Waals surface area contributed by atoms with Crippen LogP contribution in [0, 0.1) is 34.0 Å². The lowest BCUT2D eigenvalue weighted by Gasteiger charge is -2.17. The normalized spacial score (nSPS) is 6.62. The fraction of sp³-hybridized carbons (Fsp3) is 0.500. The molecule has 0 aromatic heterocycles. The fourth-order valence-electron chi connectivity index (χ4n) is 0.797. The van der Waals surface area contributed by atoms with Crippen LogP contribution >= 0.6 is 0 Å². The molecule has 21 heavy (non-hydrogen) atoms. The zero-order chi connectivity index (χ0) is 16.4. The molecule has 0 radical (unpaired) electrons. The smallest absolute Gasteiger partial charge is 0.219 e. The summed E-state index contributed by atoms with van der Waals surface area (Å²) in [6, 6.07) is 5.60. The molecule has 2 N–H and O–H groups in total. The Kier molecular flexibility index (Phi) is 28.4. The van der Waals surface area contributed by atoms with E-state index in [1.165, 1.54) is 24.8 Å². The van der Waals surface area contributed by atoms with Gasteiger partial charge in [0, 0.05) is 33.0 Å². The minimum Gasteiger partial charge on any atom is -0.370 e. The van der Waals surface area contributed by atoms with Crippen molar-refractivity contribution in [3.63, 3.8) is 0 Å². The van der Waals surface area contributed by atoms with E-state index in [9.17, 15) is 9.59 Å². The second-order valence-corrected chi connectivity index (χ2v) is 3.27. The first-order valence-corrected chi connectivity index (χ1v) is 5.63. The third kappa shape index (κ3) is 38.2. The monoisotopic (exact) mass is 293 g/mol. The molecule has 7 nitrogen and oxygen atoms in total. The molecular weight excluding hydrogens is 270 g/mol. The van der Waals surface area contributed by atoms with Crippen LogP contribution in [0.15, 0.2) is 12.7 Å². The molecule has 0 bridgehead atoms. The van der Waals surface area contributed by atoms with Gasteiger partial charge in [-0.2, -0.15) is 15.8 Å². The van der Waals surface area contributed by atoms with Crippen molar-refractivity contribution in [3.05, 3.63) is 12.7 Å². The van der Waals surface area contributed by atoms with Crippen molar-refractivity contribution in [1.29, 1.82) is 15.8 Å². The summed E-state index contributed by atoms with van der Waals surface area (Å²) in [6.07, 6.45) is 1.83. The number of rotatable bonds is 4. The van der Waals surface area contributed by atoms with Gasteiger partial charge in [0.15, 0.2) is 0 Å². The molecular formula is C14H23N5O2. The highest BCUT2D eigenvalue weighted by Gasteiger charge is 2.06. The second-order valence-electron chi connectivity index (χ2n) is 3.27. The Morgan fingerprint density at radius 2 is 1.43 bits per heavy atom. The molecule has 0 unspecified atom stereocenters. The van der Waals surface area contributed by atoms with Crippen LogP contribution < -0.4 is 5.73 Å². The van der Waals surface area contributed by atoms with Gasteiger partial charge in [0.25, 0.3) is 0 Å². The topological polar surface area (TPSA) is 135 Å². The number of hydrogen-bond acceptors (Lipinski definition) is 5. The van der Waals surface area contributed by atoms with Gasteiger partial charge in [0.05, 0.1) is 31.0 Å². The molecule has 116 valence electrons. The Balaban J connectivity index is -0.000000134. The zero-order valence-electron chi connectivity index (χ0n) is 11.8. The van der Waals surface area contributed by atoms with Crippen LogP contribution in [0.1, 0.15) is 34.1 Å². The van der Waals surface area contributed by atoms with Gasteiger partial charge in [-0.15, -0.1) is 0 Å². The van der Waals surface area contributed by atoms with E-state index in [-0.39, 0.29) is 19.2 Å². The third-order valence-corrected chi connectivity index (χ3v) is 1.52. The molecule has 2 amide bonds. The minimum atomic E-state index is -0.333. The maximum absolute atomic E-state index is 10.9. The Morgan fingerprint density at radius 1 is 1.14 bits per heavy atom. The molecule has 0 aromatic carbocycles. The number of amides is 2. The van der Waals surface area contributed by atoms with Gasteiger partial charge in [0.1, 0.15) is 0 Å². The molecule has 0 fully saturated rings.